The van der Waals surface area contributed by atoms with Crippen LogP contribution < -0.4 is 10.1 Å². The van der Waals surface area contributed by atoms with Gasteiger partial charge < -0.3 is 0 Å². The number of carbonyl (C=O) groups is 2. The number of nitrogens with zero attached hydrogens (tertiary/aromatic N) is 3. The fourth-order valence-corrected chi connectivity index (χ4v) is 4.49. The molecule has 3 heterocycles. The minimum atomic E-state index is -0.462. The number of rotatable bonds is 7. The Morgan fingerprint density at radius 3 is 2.47 bits per heavy atom. The molecule has 0 unspecified atom stereocenters. The summed E-state index contributed by atoms with van der Waals surface area (Å²) in [4.78, 5) is 42.2. The lowest BCUT2D eigenvalue weighted by atomic mass is 10.0. The molecule has 34 heavy (non-hydrogen) atoms. The summed E-state index contributed by atoms with van der Waals surface area (Å²) in [6, 6.07) is 10.4. The number of pyridine rings is 1. The second-order valence-electron chi connectivity index (χ2n) is 8.61. The van der Waals surface area contributed by atoms with Crippen molar-refractivity contribution < 1.29 is 14.2 Å². The topological polar surface area (TPSA) is 79.1 Å². The van der Waals surface area contributed by atoms with Crippen LogP contribution in [-0.4, -0.2) is 32.5 Å². The lowest BCUT2D eigenvalue weighted by Gasteiger charge is -2.17. The standard InChI is InChI=1S/C26H27ClN4O3/c1-5-9-20-21(25(33)31(28-20)19-12-7-11-18(27)14-19)22-23(26(34)30(16(3)4)24(22)32)29-13-8-10-17(6-2)15-29/h7-8,10-16H,5-6,9H2,1-4H3/p+1. The molecule has 1 aliphatic rings. The number of halogens is 1. The van der Waals surface area contributed by atoms with Gasteiger partial charge in [-0.1, -0.05) is 37.9 Å². The third-order valence-electron chi connectivity index (χ3n) is 5.92. The Balaban J connectivity index is 2.04. The number of hydrogen-bond acceptors (Lipinski definition) is 3. The number of carbonyl (C=O) groups excluding carboxylic acids is 2. The van der Waals surface area contributed by atoms with Crippen LogP contribution in [0.3, 0.4) is 0 Å². The Bertz CT molecular complexity index is 1370. The molecule has 2 amide bonds. The molecule has 0 radical (unpaired) electrons. The van der Waals surface area contributed by atoms with E-state index >= 15 is 0 Å². The number of imide groups is 1. The van der Waals surface area contributed by atoms with Gasteiger partial charge in [-0.05, 0) is 51.0 Å². The van der Waals surface area contributed by atoms with Gasteiger partial charge in [-0.15, -0.1) is 0 Å². The molecule has 0 atom stereocenters. The van der Waals surface area contributed by atoms with Crippen molar-refractivity contribution in [2.45, 2.75) is 53.0 Å². The van der Waals surface area contributed by atoms with Crippen LogP contribution in [0, 0.1) is 0 Å². The predicted octanol–water partition coefficient (Wildman–Crippen LogP) is 3.77. The lowest BCUT2D eigenvalue weighted by Crippen LogP contribution is -2.42. The zero-order chi connectivity index (χ0) is 24.6. The number of aryl methyl sites for hydroxylation is 2. The number of aromatic amines is 1. The maximum absolute atomic E-state index is 13.8. The van der Waals surface area contributed by atoms with E-state index in [-0.39, 0.29) is 22.9 Å². The molecule has 1 aromatic carbocycles. The molecule has 7 nitrogen and oxygen atoms in total. The number of benzene rings is 1. The first-order chi connectivity index (χ1) is 16.3. The quantitative estimate of drug-likeness (QED) is 0.414. The summed E-state index contributed by atoms with van der Waals surface area (Å²) in [5.74, 6) is -0.873. The van der Waals surface area contributed by atoms with Crippen LogP contribution in [0.5, 0.6) is 0 Å². The van der Waals surface area contributed by atoms with Gasteiger partial charge in [-0.25, -0.2) is 4.68 Å². The van der Waals surface area contributed by atoms with Crippen molar-refractivity contribution in [1.82, 2.24) is 14.7 Å². The molecule has 176 valence electrons. The van der Waals surface area contributed by atoms with E-state index in [1.165, 1.54) is 9.58 Å². The van der Waals surface area contributed by atoms with E-state index in [9.17, 15) is 14.4 Å². The van der Waals surface area contributed by atoms with Crippen LogP contribution in [0.1, 0.15) is 50.9 Å². The van der Waals surface area contributed by atoms with Crippen LogP contribution in [-0.2, 0) is 22.4 Å². The number of H-pyrrole nitrogens is 1. The largest absolute Gasteiger partial charge is 0.327 e. The van der Waals surface area contributed by atoms with E-state index in [1.54, 1.807) is 48.9 Å². The minimum absolute atomic E-state index is 0.127. The highest BCUT2D eigenvalue weighted by molar-refractivity contribution is 6.44. The van der Waals surface area contributed by atoms with Crippen molar-refractivity contribution in [3.63, 3.8) is 0 Å². The Morgan fingerprint density at radius 1 is 1.06 bits per heavy atom. The first-order valence-electron chi connectivity index (χ1n) is 11.5. The van der Waals surface area contributed by atoms with E-state index in [2.05, 4.69) is 5.10 Å². The number of nitrogens with one attached hydrogen (secondary N) is 1. The van der Waals surface area contributed by atoms with Gasteiger partial charge in [-0.3, -0.25) is 24.4 Å². The first kappa shape index (κ1) is 23.7. The zero-order valence-electron chi connectivity index (χ0n) is 19.8. The van der Waals surface area contributed by atoms with Crippen molar-refractivity contribution in [2.24, 2.45) is 0 Å². The predicted molar refractivity (Wildman–Crippen MR) is 132 cm³/mol. The first-order valence-corrected chi connectivity index (χ1v) is 11.9. The van der Waals surface area contributed by atoms with Gasteiger partial charge in [0, 0.05) is 28.4 Å². The molecule has 0 saturated heterocycles. The van der Waals surface area contributed by atoms with Gasteiger partial charge in [0.1, 0.15) is 5.57 Å². The molecule has 8 heteroatoms. The fourth-order valence-electron chi connectivity index (χ4n) is 4.31. The van der Waals surface area contributed by atoms with Gasteiger partial charge in [-0.2, -0.15) is 4.57 Å². The maximum atomic E-state index is 13.8. The highest BCUT2D eigenvalue weighted by Gasteiger charge is 2.48. The van der Waals surface area contributed by atoms with Gasteiger partial charge in [0.05, 0.1) is 11.3 Å². The molecule has 0 saturated carbocycles. The summed E-state index contributed by atoms with van der Waals surface area (Å²) in [6.07, 6.45) is 5.64. The van der Waals surface area contributed by atoms with Crippen molar-refractivity contribution in [2.75, 3.05) is 0 Å². The highest BCUT2D eigenvalue weighted by atomic mass is 35.5. The Hall–Kier alpha value is -3.45. The SMILES string of the molecule is CCCc1[nH]n(-c2cccc(Cl)c2)c(=O)c1C1=C([n+]2cccc(CC)c2)C(=O)N(C(C)C)C1=O. The average molecular weight is 480 g/mol. The third-order valence-corrected chi connectivity index (χ3v) is 6.15. The molecule has 3 aromatic rings. The smallest absolute Gasteiger partial charge is 0.294 e. The van der Waals surface area contributed by atoms with Crippen LogP contribution >= 0.6 is 11.6 Å². The maximum Gasteiger partial charge on any atom is 0.327 e. The van der Waals surface area contributed by atoms with E-state index in [0.29, 0.717) is 22.8 Å². The molecule has 1 aliphatic heterocycles. The van der Waals surface area contributed by atoms with Crippen LogP contribution in [0.4, 0.5) is 0 Å². The molecule has 0 spiro atoms. The molecule has 4 rings (SSSR count). The molecule has 0 fully saturated rings. The summed E-state index contributed by atoms with van der Waals surface area (Å²) in [6.45, 7) is 7.59. The van der Waals surface area contributed by atoms with Gasteiger partial charge in [0.2, 0.25) is 0 Å². The molecular weight excluding hydrogens is 452 g/mol. The van der Waals surface area contributed by atoms with E-state index in [4.69, 9.17) is 11.6 Å². The molecular formula is C26H28ClN4O3+. The van der Waals surface area contributed by atoms with Crippen LogP contribution in [0.2, 0.25) is 5.02 Å². The fraction of sp³-hybridized carbons (Fsp3) is 0.308. The molecule has 2 aromatic heterocycles. The number of amides is 2. The Morgan fingerprint density at radius 2 is 1.82 bits per heavy atom. The van der Waals surface area contributed by atoms with E-state index < -0.39 is 17.4 Å². The van der Waals surface area contributed by atoms with Crippen molar-refractivity contribution in [3.05, 3.63) is 81.0 Å². The number of aromatic nitrogens is 3. The summed E-state index contributed by atoms with van der Waals surface area (Å²) in [7, 11) is 0. The monoisotopic (exact) mass is 479 g/mol. The normalized spacial score (nSPS) is 14.1. The lowest BCUT2D eigenvalue weighted by molar-refractivity contribution is -0.577. The van der Waals surface area contributed by atoms with Crippen molar-refractivity contribution >= 4 is 34.7 Å². The average Bonchev–Trinajstić information content (AvgIpc) is 3.26. The highest BCUT2D eigenvalue weighted by Crippen LogP contribution is 2.31. The second-order valence-corrected chi connectivity index (χ2v) is 9.04. The Kier molecular flexibility index (Phi) is 6.57. The van der Waals surface area contributed by atoms with Crippen molar-refractivity contribution in [3.8, 4) is 5.69 Å². The molecule has 1 N–H and O–H groups in total. The second kappa shape index (κ2) is 9.43. The summed E-state index contributed by atoms with van der Waals surface area (Å²) in [5.41, 5.74) is 2.34. The molecule has 0 aliphatic carbocycles. The van der Waals surface area contributed by atoms with Gasteiger partial charge >= 0.3 is 5.91 Å². The zero-order valence-corrected chi connectivity index (χ0v) is 20.5. The minimum Gasteiger partial charge on any atom is -0.294 e. The van der Waals surface area contributed by atoms with Gasteiger partial charge in [0.15, 0.2) is 12.4 Å². The summed E-state index contributed by atoms with van der Waals surface area (Å²) in [5, 5.41) is 3.65. The third kappa shape index (κ3) is 4.01. The Labute approximate surface area is 203 Å². The molecule has 0 bridgehead atoms. The van der Waals surface area contributed by atoms with Crippen LogP contribution in [0.25, 0.3) is 17.0 Å². The van der Waals surface area contributed by atoms with E-state index in [0.717, 1.165) is 18.4 Å². The summed E-state index contributed by atoms with van der Waals surface area (Å²) < 4.78 is 3.06. The van der Waals surface area contributed by atoms with Gasteiger partial charge in [0.25, 0.3) is 17.2 Å². The number of hydrogen-bond donors (Lipinski definition) is 1. The summed E-state index contributed by atoms with van der Waals surface area (Å²) >= 11 is 6.16. The van der Waals surface area contributed by atoms with E-state index in [1.807, 2.05) is 32.2 Å². The van der Waals surface area contributed by atoms with Crippen LogP contribution in [0.15, 0.2) is 53.6 Å². The van der Waals surface area contributed by atoms with Crippen molar-refractivity contribution in [1.29, 1.82) is 0 Å².